The van der Waals surface area contributed by atoms with Gasteiger partial charge in [0.25, 0.3) is 0 Å². The number of benzene rings is 1. The molecule has 0 aliphatic heterocycles. The van der Waals surface area contributed by atoms with E-state index >= 15 is 0 Å². The summed E-state index contributed by atoms with van der Waals surface area (Å²) in [5.74, 6) is -0.162. The highest BCUT2D eigenvalue weighted by atomic mass is 35.5. The van der Waals surface area contributed by atoms with Gasteiger partial charge in [0.05, 0.1) is 17.8 Å². The Kier molecular flexibility index (Phi) is 3.62. The first kappa shape index (κ1) is 12.6. The summed E-state index contributed by atoms with van der Waals surface area (Å²) in [5, 5.41) is 8.31. The van der Waals surface area contributed by atoms with Gasteiger partial charge < -0.3 is 0 Å². The summed E-state index contributed by atoms with van der Waals surface area (Å²) in [6.07, 6.45) is 0.249. The number of nitrogens with zero attached hydrogens (tertiary/aromatic N) is 3. The Balaban J connectivity index is 2.03. The lowest BCUT2D eigenvalue weighted by atomic mass is 10.1. The highest BCUT2D eigenvalue weighted by Gasteiger charge is 2.08. The predicted octanol–water partition coefficient (Wildman–Crippen LogP) is 1.86. The maximum atomic E-state index is 11.8. The molecule has 1 amide bonds. The number of rotatable bonds is 3. The van der Waals surface area contributed by atoms with Crippen molar-refractivity contribution in [3.05, 3.63) is 46.2 Å². The average molecular weight is 265 g/mol. The summed E-state index contributed by atoms with van der Waals surface area (Å²) < 4.78 is 0. The Bertz CT molecular complexity index is 579. The van der Waals surface area contributed by atoms with E-state index < -0.39 is 0 Å². The Morgan fingerprint density at radius 3 is 2.83 bits per heavy atom. The van der Waals surface area contributed by atoms with Crippen LogP contribution in [0.3, 0.4) is 0 Å². The molecule has 0 spiro atoms. The van der Waals surface area contributed by atoms with Gasteiger partial charge in [0.2, 0.25) is 5.91 Å². The molecule has 2 aromatic rings. The number of nitrogens with one attached hydrogen (secondary N) is 1. The summed E-state index contributed by atoms with van der Waals surface area (Å²) in [4.78, 5) is 13.2. The van der Waals surface area contributed by atoms with Crippen molar-refractivity contribution < 1.29 is 4.79 Å². The third-order valence-electron chi connectivity index (χ3n) is 2.61. The molecular formula is C12H13ClN4O. The number of hydrogen-bond donors (Lipinski definition) is 1. The Hall–Kier alpha value is -1.88. The Morgan fingerprint density at radius 1 is 1.44 bits per heavy atom. The van der Waals surface area contributed by atoms with Crippen LogP contribution in [0.4, 0.5) is 0 Å². The van der Waals surface area contributed by atoms with Gasteiger partial charge in [-0.1, -0.05) is 23.7 Å². The fourth-order valence-electron chi connectivity index (χ4n) is 1.50. The lowest BCUT2D eigenvalue weighted by molar-refractivity contribution is -0.116. The van der Waals surface area contributed by atoms with Crippen LogP contribution in [0, 0.1) is 13.8 Å². The summed E-state index contributed by atoms with van der Waals surface area (Å²) in [6, 6.07) is 7.20. The number of halogens is 1. The zero-order chi connectivity index (χ0) is 13.1. The van der Waals surface area contributed by atoms with Crippen LogP contribution < -0.4 is 5.43 Å². The molecule has 1 aromatic carbocycles. The molecule has 5 nitrogen and oxygen atoms in total. The van der Waals surface area contributed by atoms with Gasteiger partial charge in [-0.05, 0) is 36.8 Å². The zero-order valence-electron chi connectivity index (χ0n) is 10.1. The van der Waals surface area contributed by atoms with E-state index in [0.29, 0.717) is 5.02 Å². The minimum absolute atomic E-state index is 0.162. The smallest absolute Gasteiger partial charge is 0.244 e. The Morgan fingerprint density at radius 2 is 2.22 bits per heavy atom. The fraction of sp³-hybridized carbons (Fsp3) is 0.250. The molecule has 0 aliphatic carbocycles. The number of hydrogen-bond acceptors (Lipinski definition) is 3. The van der Waals surface area contributed by atoms with Crippen LogP contribution in [-0.4, -0.2) is 21.0 Å². The lowest BCUT2D eigenvalue weighted by Crippen LogP contribution is -2.26. The summed E-state index contributed by atoms with van der Waals surface area (Å²) in [5.41, 5.74) is 5.12. The van der Waals surface area contributed by atoms with Crippen LogP contribution in [0.1, 0.15) is 17.0 Å². The quantitative estimate of drug-likeness (QED) is 0.921. The second-order valence-corrected chi connectivity index (χ2v) is 4.45. The van der Waals surface area contributed by atoms with Crippen molar-refractivity contribution in [3.63, 3.8) is 0 Å². The van der Waals surface area contributed by atoms with Crippen LogP contribution in [0.25, 0.3) is 0 Å². The third kappa shape index (κ3) is 2.87. The van der Waals surface area contributed by atoms with E-state index in [1.807, 2.05) is 26.0 Å². The number of carbonyl (C=O) groups is 1. The zero-order valence-corrected chi connectivity index (χ0v) is 10.9. The second kappa shape index (κ2) is 5.18. The van der Waals surface area contributed by atoms with E-state index in [1.54, 1.807) is 12.1 Å². The number of amides is 1. The van der Waals surface area contributed by atoms with Crippen LogP contribution in [-0.2, 0) is 11.2 Å². The molecule has 2 rings (SSSR count). The summed E-state index contributed by atoms with van der Waals surface area (Å²) in [6.45, 7) is 3.68. The van der Waals surface area contributed by atoms with Crippen LogP contribution in [0.15, 0.2) is 24.3 Å². The highest BCUT2D eigenvalue weighted by Crippen LogP contribution is 2.11. The van der Waals surface area contributed by atoms with E-state index in [0.717, 1.165) is 17.0 Å². The van der Waals surface area contributed by atoms with Crippen molar-refractivity contribution in [2.75, 3.05) is 5.43 Å². The Labute approximate surface area is 110 Å². The van der Waals surface area contributed by atoms with Crippen LogP contribution in [0.5, 0.6) is 0 Å². The number of aromatic nitrogens is 3. The highest BCUT2D eigenvalue weighted by molar-refractivity contribution is 6.30. The number of carbonyl (C=O) groups excluding carboxylic acids is 1. The van der Waals surface area contributed by atoms with Crippen molar-refractivity contribution in [1.82, 2.24) is 15.1 Å². The topological polar surface area (TPSA) is 59.8 Å². The normalized spacial score (nSPS) is 10.4. The van der Waals surface area contributed by atoms with Gasteiger partial charge in [0, 0.05) is 5.02 Å². The molecule has 0 bridgehead atoms. The maximum Gasteiger partial charge on any atom is 0.244 e. The molecule has 1 aromatic heterocycles. The summed E-state index contributed by atoms with van der Waals surface area (Å²) in [7, 11) is 0. The third-order valence-corrected chi connectivity index (χ3v) is 2.84. The molecule has 0 atom stereocenters. The average Bonchev–Trinajstić information content (AvgIpc) is 2.61. The molecule has 6 heteroatoms. The first-order chi connectivity index (χ1) is 8.56. The minimum atomic E-state index is -0.162. The van der Waals surface area contributed by atoms with Gasteiger partial charge in [-0.15, -0.1) is 5.10 Å². The standard InChI is InChI=1S/C12H13ClN4O/c1-8-9(2)17(16-14-8)15-12(18)7-10-4-3-5-11(13)6-10/h3-6H,7H2,1-2H3,(H,15,18). The fourth-order valence-corrected chi connectivity index (χ4v) is 1.71. The SMILES string of the molecule is Cc1nnn(NC(=O)Cc2cccc(Cl)c2)c1C. The molecule has 0 fully saturated rings. The van der Waals surface area contributed by atoms with E-state index in [4.69, 9.17) is 11.6 Å². The molecule has 94 valence electrons. The van der Waals surface area contributed by atoms with Gasteiger partial charge in [0.1, 0.15) is 0 Å². The van der Waals surface area contributed by atoms with E-state index in [9.17, 15) is 4.79 Å². The van der Waals surface area contributed by atoms with E-state index in [1.165, 1.54) is 4.79 Å². The van der Waals surface area contributed by atoms with Crippen molar-refractivity contribution >= 4 is 17.5 Å². The van der Waals surface area contributed by atoms with Crippen LogP contribution >= 0.6 is 11.6 Å². The van der Waals surface area contributed by atoms with Gasteiger partial charge in [-0.2, -0.15) is 4.79 Å². The van der Waals surface area contributed by atoms with Gasteiger partial charge in [-0.3, -0.25) is 4.79 Å². The minimum Gasteiger partial charge on any atom is -0.273 e. The van der Waals surface area contributed by atoms with Gasteiger partial charge >= 0.3 is 0 Å². The molecule has 0 unspecified atom stereocenters. The molecule has 0 aliphatic rings. The molecule has 0 saturated heterocycles. The predicted molar refractivity (Wildman–Crippen MR) is 69.0 cm³/mol. The van der Waals surface area contributed by atoms with Gasteiger partial charge in [-0.25, -0.2) is 5.43 Å². The number of aryl methyl sites for hydroxylation is 1. The van der Waals surface area contributed by atoms with E-state index in [2.05, 4.69) is 15.7 Å². The molecule has 1 heterocycles. The first-order valence-corrected chi connectivity index (χ1v) is 5.87. The molecule has 0 saturated carbocycles. The van der Waals surface area contributed by atoms with Crippen molar-refractivity contribution in [2.24, 2.45) is 0 Å². The maximum absolute atomic E-state index is 11.8. The molecular weight excluding hydrogens is 252 g/mol. The lowest BCUT2D eigenvalue weighted by Gasteiger charge is -2.06. The largest absolute Gasteiger partial charge is 0.273 e. The van der Waals surface area contributed by atoms with Crippen molar-refractivity contribution in [1.29, 1.82) is 0 Å². The first-order valence-electron chi connectivity index (χ1n) is 5.49. The second-order valence-electron chi connectivity index (χ2n) is 4.01. The monoisotopic (exact) mass is 264 g/mol. The molecule has 0 radical (unpaired) electrons. The van der Waals surface area contributed by atoms with E-state index in [-0.39, 0.29) is 12.3 Å². The van der Waals surface area contributed by atoms with Crippen molar-refractivity contribution in [3.8, 4) is 0 Å². The van der Waals surface area contributed by atoms with Crippen LogP contribution in [0.2, 0.25) is 5.02 Å². The molecule has 1 N–H and O–H groups in total. The van der Waals surface area contributed by atoms with Gasteiger partial charge in [0.15, 0.2) is 0 Å². The van der Waals surface area contributed by atoms with Crippen molar-refractivity contribution in [2.45, 2.75) is 20.3 Å². The summed E-state index contributed by atoms with van der Waals surface area (Å²) >= 11 is 5.86. The molecule has 18 heavy (non-hydrogen) atoms.